The van der Waals surface area contributed by atoms with Gasteiger partial charge >= 0.3 is 11.9 Å². The number of aliphatic carboxylic acids is 2. The highest BCUT2D eigenvalue weighted by molar-refractivity contribution is 5.96. The van der Waals surface area contributed by atoms with Crippen LogP contribution < -0.4 is 44.6 Å². The van der Waals surface area contributed by atoms with E-state index in [2.05, 4.69) is 30.9 Å². The zero-order chi connectivity index (χ0) is 33.5. The third-order valence-corrected chi connectivity index (χ3v) is 6.61. The minimum atomic E-state index is -1.60. The van der Waals surface area contributed by atoms with Crippen LogP contribution in [0.15, 0.2) is 40.4 Å². The first kappa shape index (κ1) is 35.8. The summed E-state index contributed by atoms with van der Waals surface area (Å²) >= 11 is 0. The number of nitrogens with zero attached hydrogens (tertiary/aromatic N) is 2. The zero-order valence-corrected chi connectivity index (χ0v) is 24.6. The maximum Gasteiger partial charge on any atom is 0.326 e. The fraction of sp³-hybridized carbons (Fsp3) is 0.444. The van der Waals surface area contributed by atoms with Gasteiger partial charge in [0.05, 0.1) is 12.5 Å². The summed E-state index contributed by atoms with van der Waals surface area (Å²) in [6.45, 7) is 0.336. The lowest BCUT2D eigenvalue weighted by Crippen LogP contribution is -2.58. The number of amides is 3. The number of carboxylic acid groups (broad SMARTS) is 2. The summed E-state index contributed by atoms with van der Waals surface area (Å²) in [4.78, 5) is 73.6. The summed E-state index contributed by atoms with van der Waals surface area (Å²) in [5.41, 5.74) is 28.4. The molecule has 0 bridgehead atoms. The van der Waals surface area contributed by atoms with Crippen molar-refractivity contribution in [1.29, 1.82) is 0 Å². The number of carbonyl (C=O) groups excluding carboxylic acids is 3. The van der Waals surface area contributed by atoms with Gasteiger partial charge in [-0.05, 0) is 37.3 Å². The number of hydrogen-bond donors (Lipinski definition) is 11. The summed E-state index contributed by atoms with van der Waals surface area (Å²) in [6.07, 6.45) is 1.40. The average molecular weight is 632 g/mol. The molecule has 45 heavy (non-hydrogen) atoms. The van der Waals surface area contributed by atoms with E-state index in [1.165, 1.54) is 0 Å². The van der Waals surface area contributed by atoms with Crippen LogP contribution in [0, 0.1) is 0 Å². The molecule has 18 heteroatoms. The molecule has 0 aliphatic carbocycles. The van der Waals surface area contributed by atoms with Crippen LogP contribution in [-0.2, 0) is 30.4 Å². The molecular weight excluding hydrogens is 590 g/mol. The molecule has 1 aromatic carbocycles. The Morgan fingerprint density at radius 3 is 1.93 bits per heavy atom. The Morgan fingerprint density at radius 1 is 0.778 bits per heavy atom. The second-order valence-electron chi connectivity index (χ2n) is 10.2. The van der Waals surface area contributed by atoms with Gasteiger partial charge in [-0.1, -0.05) is 18.2 Å². The minimum absolute atomic E-state index is 0.0234. The third-order valence-electron chi connectivity index (χ3n) is 6.61. The van der Waals surface area contributed by atoms with Crippen molar-refractivity contribution in [2.75, 3.05) is 13.1 Å². The molecule has 0 radical (unpaired) electrons. The topological polar surface area (TPSA) is 333 Å². The van der Waals surface area contributed by atoms with Crippen molar-refractivity contribution >= 4 is 52.5 Å². The van der Waals surface area contributed by atoms with E-state index in [1.54, 1.807) is 24.4 Å². The molecule has 2 aromatic rings. The van der Waals surface area contributed by atoms with Gasteiger partial charge in [0, 0.05) is 36.6 Å². The molecule has 0 saturated heterocycles. The predicted octanol–water partition coefficient (Wildman–Crippen LogP) is -2.84. The van der Waals surface area contributed by atoms with Gasteiger partial charge in [-0.3, -0.25) is 29.2 Å². The summed E-state index contributed by atoms with van der Waals surface area (Å²) in [5.74, 6) is -5.65. The molecule has 0 aliphatic rings. The number of H-pyrrole nitrogens is 1. The Labute approximate surface area is 258 Å². The lowest BCUT2D eigenvalue weighted by atomic mass is 10.0. The molecule has 0 fully saturated rings. The van der Waals surface area contributed by atoms with Gasteiger partial charge in [0.2, 0.25) is 17.7 Å². The molecule has 4 atom stereocenters. The van der Waals surface area contributed by atoms with Crippen molar-refractivity contribution < 1.29 is 34.2 Å². The fourth-order valence-electron chi connectivity index (χ4n) is 4.35. The Bertz CT molecular complexity index is 1400. The normalized spacial score (nSPS) is 13.4. The van der Waals surface area contributed by atoms with Gasteiger partial charge in [-0.25, -0.2) is 4.79 Å². The number of nitrogens with two attached hydrogens (primary N) is 5. The number of guanidine groups is 2. The Morgan fingerprint density at radius 2 is 1.33 bits per heavy atom. The largest absolute Gasteiger partial charge is 0.481 e. The van der Waals surface area contributed by atoms with Crippen molar-refractivity contribution in [2.45, 2.75) is 62.7 Å². The van der Waals surface area contributed by atoms with Crippen LogP contribution in [0.2, 0.25) is 0 Å². The number of para-hydroxylation sites is 1. The number of aromatic amines is 1. The van der Waals surface area contributed by atoms with Crippen LogP contribution >= 0.6 is 0 Å². The van der Waals surface area contributed by atoms with Crippen LogP contribution in [0.5, 0.6) is 0 Å². The number of hydrogen-bond acceptors (Lipinski definition) is 8. The summed E-state index contributed by atoms with van der Waals surface area (Å²) < 4.78 is 0. The van der Waals surface area contributed by atoms with Gasteiger partial charge in [0.25, 0.3) is 0 Å². The highest BCUT2D eigenvalue weighted by Gasteiger charge is 2.32. The first-order valence-corrected chi connectivity index (χ1v) is 14.1. The van der Waals surface area contributed by atoms with E-state index in [0.29, 0.717) is 12.0 Å². The van der Waals surface area contributed by atoms with Crippen molar-refractivity contribution in [3.05, 3.63) is 36.0 Å². The average Bonchev–Trinajstić information content (AvgIpc) is 3.37. The van der Waals surface area contributed by atoms with E-state index in [-0.39, 0.29) is 50.7 Å². The van der Waals surface area contributed by atoms with Gasteiger partial charge < -0.3 is 59.8 Å². The second kappa shape index (κ2) is 17.7. The fourth-order valence-corrected chi connectivity index (χ4v) is 4.35. The number of aliphatic imine (C=N–C) groups is 2. The first-order chi connectivity index (χ1) is 21.3. The third kappa shape index (κ3) is 12.4. The van der Waals surface area contributed by atoms with Crippen LogP contribution in [0.3, 0.4) is 0 Å². The molecule has 1 heterocycles. The standard InChI is InChI=1S/C27H41N11O7/c28-16(6-3-9-33-26(29)30)22(41)37-20(12-21(39)40)24(43)38-19(11-14-13-35-17-7-2-1-5-15(14)17)23(42)36-18(25(44)45)8-4-10-34-27(31)32/h1-2,5,7,13,16,18-20,35H,3-4,6,8-12,28H2,(H,36,42)(H,37,41)(H,38,43)(H,39,40)(H,44,45)(H4,29,30,33)(H4,31,32,34). The van der Waals surface area contributed by atoms with Crippen LogP contribution in [0.4, 0.5) is 0 Å². The van der Waals surface area contributed by atoms with Gasteiger partial charge in [-0.2, -0.15) is 0 Å². The van der Waals surface area contributed by atoms with Gasteiger partial charge in [0.1, 0.15) is 18.1 Å². The number of aromatic nitrogens is 1. The monoisotopic (exact) mass is 631 g/mol. The van der Waals surface area contributed by atoms with Gasteiger partial charge in [0.15, 0.2) is 11.9 Å². The molecule has 16 N–H and O–H groups in total. The number of nitrogens with one attached hydrogen (secondary N) is 4. The maximum atomic E-state index is 13.4. The van der Waals surface area contributed by atoms with Crippen molar-refractivity contribution in [3.63, 3.8) is 0 Å². The van der Waals surface area contributed by atoms with Crippen molar-refractivity contribution in [2.24, 2.45) is 38.7 Å². The van der Waals surface area contributed by atoms with Crippen LogP contribution in [-0.4, -0.2) is 94.0 Å². The lowest BCUT2D eigenvalue weighted by molar-refractivity contribution is -0.143. The Balaban J connectivity index is 2.25. The molecule has 0 spiro atoms. The molecule has 3 amide bonds. The van der Waals surface area contributed by atoms with Crippen molar-refractivity contribution in [1.82, 2.24) is 20.9 Å². The van der Waals surface area contributed by atoms with E-state index in [4.69, 9.17) is 28.7 Å². The van der Waals surface area contributed by atoms with E-state index in [9.17, 15) is 34.2 Å². The molecule has 0 saturated carbocycles. The number of carbonyl (C=O) groups is 5. The highest BCUT2D eigenvalue weighted by atomic mass is 16.4. The van der Waals surface area contributed by atoms with E-state index >= 15 is 0 Å². The molecule has 4 unspecified atom stereocenters. The highest BCUT2D eigenvalue weighted by Crippen LogP contribution is 2.19. The Hall–Kier alpha value is -5.39. The summed E-state index contributed by atoms with van der Waals surface area (Å²) in [5, 5.41) is 27.1. The van der Waals surface area contributed by atoms with E-state index in [0.717, 1.165) is 10.9 Å². The summed E-state index contributed by atoms with van der Waals surface area (Å²) in [7, 11) is 0. The SMILES string of the molecule is NC(N)=NCCCC(N)C(=O)NC(CC(=O)O)C(=O)NC(Cc1c[nH]c2ccccc12)C(=O)NC(CCCN=C(N)N)C(=O)O. The van der Waals surface area contributed by atoms with Crippen LogP contribution in [0.25, 0.3) is 10.9 Å². The van der Waals surface area contributed by atoms with E-state index < -0.39 is 60.2 Å². The van der Waals surface area contributed by atoms with E-state index in [1.807, 2.05) is 6.07 Å². The number of benzene rings is 1. The molecule has 18 nitrogen and oxygen atoms in total. The molecular formula is C27H41N11O7. The van der Waals surface area contributed by atoms with Gasteiger partial charge in [-0.15, -0.1) is 0 Å². The number of rotatable bonds is 19. The quantitative estimate of drug-likeness (QED) is 0.0424. The Kier molecular flexibility index (Phi) is 14.1. The molecule has 2 rings (SSSR count). The van der Waals surface area contributed by atoms with Crippen molar-refractivity contribution in [3.8, 4) is 0 Å². The number of carboxylic acids is 2. The first-order valence-electron chi connectivity index (χ1n) is 14.1. The lowest BCUT2D eigenvalue weighted by Gasteiger charge is -2.24. The van der Waals surface area contributed by atoms with Crippen LogP contribution in [0.1, 0.15) is 37.7 Å². The predicted molar refractivity (Wildman–Crippen MR) is 165 cm³/mol. The molecule has 246 valence electrons. The number of fused-ring (bicyclic) bond motifs is 1. The zero-order valence-electron chi connectivity index (χ0n) is 24.6. The summed E-state index contributed by atoms with van der Waals surface area (Å²) in [6, 6.07) is 1.77. The molecule has 0 aliphatic heterocycles. The second-order valence-corrected chi connectivity index (χ2v) is 10.2. The minimum Gasteiger partial charge on any atom is -0.481 e. The maximum absolute atomic E-state index is 13.4. The smallest absolute Gasteiger partial charge is 0.326 e. The molecule has 1 aromatic heterocycles.